The number of hydrogen-bond donors (Lipinski definition) is 1. The summed E-state index contributed by atoms with van der Waals surface area (Å²) in [5, 5.41) is 14.5. The fourth-order valence-electron chi connectivity index (χ4n) is 3.94. The van der Waals surface area contributed by atoms with E-state index in [-0.39, 0.29) is 30.5 Å². The predicted molar refractivity (Wildman–Crippen MR) is 136 cm³/mol. The van der Waals surface area contributed by atoms with Gasteiger partial charge in [-0.25, -0.2) is 0 Å². The van der Waals surface area contributed by atoms with Crippen LogP contribution in [0.4, 0.5) is 5.69 Å². The Labute approximate surface area is 205 Å². The molecular weight excluding hydrogens is 442 g/mol. The smallest absolute Gasteiger partial charge is 0.273 e. The molecule has 0 saturated heterocycles. The van der Waals surface area contributed by atoms with Gasteiger partial charge in [0.25, 0.3) is 5.69 Å². The number of nitro benzene ring substituents is 1. The highest BCUT2D eigenvalue weighted by Gasteiger charge is 2.31. The molecule has 1 atom stereocenters. The van der Waals surface area contributed by atoms with E-state index in [0.717, 1.165) is 24.0 Å². The summed E-state index contributed by atoms with van der Waals surface area (Å²) >= 11 is 0. The number of nitrogens with zero attached hydrogens (tertiary/aromatic N) is 2. The molecule has 35 heavy (non-hydrogen) atoms. The Kier molecular flexibility index (Phi) is 9.54. The molecule has 0 saturated carbocycles. The molecule has 0 bridgehead atoms. The fraction of sp³-hybridized carbons (Fsp3) is 0.286. The van der Waals surface area contributed by atoms with Crippen LogP contribution < -0.4 is 5.32 Å². The molecule has 0 aliphatic carbocycles. The van der Waals surface area contributed by atoms with Gasteiger partial charge in [-0.1, -0.05) is 92.2 Å². The Balaban J connectivity index is 1.96. The number of hydrogen-bond acceptors (Lipinski definition) is 4. The number of rotatable bonds is 12. The van der Waals surface area contributed by atoms with E-state index >= 15 is 0 Å². The second kappa shape index (κ2) is 13.0. The minimum absolute atomic E-state index is 0.104. The normalized spacial score (nSPS) is 11.5. The lowest BCUT2D eigenvalue weighted by Gasteiger charge is -2.31. The molecule has 0 fully saturated rings. The van der Waals surface area contributed by atoms with Gasteiger partial charge in [0.1, 0.15) is 6.04 Å². The molecule has 0 radical (unpaired) electrons. The van der Waals surface area contributed by atoms with Gasteiger partial charge in [0.15, 0.2) is 0 Å². The number of carbonyl (C=O) groups is 2. The van der Waals surface area contributed by atoms with Crippen molar-refractivity contribution in [3.05, 3.63) is 112 Å². The first kappa shape index (κ1) is 25.6. The topological polar surface area (TPSA) is 92.6 Å². The molecule has 3 rings (SSSR count). The monoisotopic (exact) mass is 473 g/mol. The number of nitrogens with one attached hydrogen (secondary N) is 1. The van der Waals surface area contributed by atoms with Crippen molar-refractivity contribution in [3.63, 3.8) is 0 Å². The predicted octanol–water partition coefficient (Wildman–Crippen LogP) is 4.69. The van der Waals surface area contributed by atoms with Crippen LogP contribution in [0.1, 0.15) is 36.5 Å². The molecule has 3 aromatic rings. The van der Waals surface area contributed by atoms with Crippen molar-refractivity contribution < 1.29 is 14.5 Å². The molecule has 0 aliphatic heterocycles. The van der Waals surface area contributed by atoms with Gasteiger partial charge in [-0.2, -0.15) is 0 Å². The summed E-state index contributed by atoms with van der Waals surface area (Å²) in [5.41, 5.74) is 2.03. The van der Waals surface area contributed by atoms with Crippen LogP contribution in [0.15, 0.2) is 84.9 Å². The van der Waals surface area contributed by atoms with Crippen LogP contribution in [0.5, 0.6) is 0 Å². The molecule has 0 spiro atoms. The minimum atomic E-state index is -0.760. The molecule has 182 valence electrons. The molecule has 0 heterocycles. The quantitative estimate of drug-likeness (QED) is 0.235. The Bertz CT molecular complexity index is 1120. The maximum atomic E-state index is 13.7. The first-order chi connectivity index (χ1) is 17.0. The zero-order valence-corrected chi connectivity index (χ0v) is 19.9. The molecule has 1 N–H and O–H groups in total. The molecule has 0 unspecified atom stereocenters. The number of unbranched alkanes of at least 4 members (excludes halogenated alkanes) is 1. The van der Waals surface area contributed by atoms with E-state index in [1.54, 1.807) is 23.1 Å². The highest BCUT2D eigenvalue weighted by Crippen LogP contribution is 2.21. The molecule has 2 amide bonds. The largest absolute Gasteiger partial charge is 0.354 e. The summed E-state index contributed by atoms with van der Waals surface area (Å²) in [6.07, 6.45) is 1.95. The van der Waals surface area contributed by atoms with Gasteiger partial charge in [0.05, 0.1) is 11.3 Å². The van der Waals surface area contributed by atoms with Crippen molar-refractivity contribution in [1.82, 2.24) is 10.2 Å². The van der Waals surface area contributed by atoms with Crippen molar-refractivity contribution in [2.75, 3.05) is 6.54 Å². The minimum Gasteiger partial charge on any atom is -0.354 e. The second-order valence-electron chi connectivity index (χ2n) is 8.42. The van der Waals surface area contributed by atoms with E-state index in [1.165, 1.54) is 6.07 Å². The number of benzene rings is 3. The fourth-order valence-corrected chi connectivity index (χ4v) is 3.94. The van der Waals surface area contributed by atoms with Crippen LogP contribution in [0.25, 0.3) is 0 Å². The first-order valence-corrected chi connectivity index (χ1v) is 11.9. The van der Waals surface area contributed by atoms with E-state index in [0.29, 0.717) is 18.5 Å². The van der Waals surface area contributed by atoms with Gasteiger partial charge in [-0.05, 0) is 17.5 Å². The lowest BCUT2D eigenvalue weighted by molar-refractivity contribution is -0.385. The number of amides is 2. The van der Waals surface area contributed by atoms with Gasteiger partial charge >= 0.3 is 0 Å². The van der Waals surface area contributed by atoms with Gasteiger partial charge < -0.3 is 10.2 Å². The van der Waals surface area contributed by atoms with E-state index < -0.39 is 11.0 Å². The summed E-state index contributed by atoms with van der Waals surface area (Å²) in [7, 11) is 0. The van der Waals surface area contributed by atoms with E-state index in [1.807, 2.05) is 67.6 Å². The molecule has 0 aromatic heterocycles. The van der Waals surface area contributed by atoms with Crippen molar-refractivity contribution in [3.8, 4) is 0 Å². The van der Waals surface area contributed by atoms with E-state index in [2.05, 4.69) is 5.32 Å². The lowest BCUT2D eigenvalue weighted by Crippen LogP contribution is -2.51. The first-order valence-electron chi connectivity index (χ1n) is 11.9. The van der Waals surface area contributed by atoms with Crippen LogP contribution in [0.3, 0.4) is 0 Å². The zero-order valence-electron chi connectivity index (χ0n) is 19.9. The van der Waals surface area contributed by atoms with Crippen LogP contribution in [0, 0.1) is 10.1 Å². The summed E-state index contributed by atoms with van der Waals surface area (Å²) in [5.74, 6) is -0.566. The number of nitro groups is 1. The third kappa shape index (κ3) is 7.50. The standard InChI is InChI=1S/C28H31N3O4/c1-2-3-18-29-28(33)26(19-22-12-6-4-7-13-22)30(21-23-14-8-5-9-15-23)27(32)20-24-16-10-11-17-25(24)31(34)35/h4-17,26H,2-3,18-21H2,1H3,(H,29,33)/t26-/m0/s1. The number of para-hydroxylation sites is 1. The van der Waals surface area contributed by atoms with Gasteiger partial charge in [-0.3, -0.25) is 19.7 Å². The number of carbonyl (C=O) groups excluding carboxylic acids is 2. The molecule has 7 heteroatoms. The van der Waals surface area contributed by atoms with Crippen molar-refractivity contribution in [1.29, 1.82) is 0 Å². The third-order valence-electron chi connectivity index (χ3n) is 5.83. The molecule has 0 aliphatic rings. The Morgan fingerprint density at radius 1 is 0.914 bits per heavy atom. The van der Waals surface area contributed by atoms with E-state index in [4.69, 9.17) is 0 Å². The highest BCUT2D eigenvalue weighted by molar-refractivity contribution is 5.89. The van der Waals surface area contributed by atoms with Crippen LogP contribution in [-0.2, 0) is 29.0 Å². The Hall–Kier alpha value is -4.00. The average molecular weight is 474 g/mol. The summed E-state index contributed by atoms with van der Waals surface area (Å²) in [4.78, 5) is 39.6. The van der Waals surface area contributed by atoms with Crippen molar-refractivity contribution in [2.24, 2.45) is 0 Å². The maximum Gasteiger partial charge on any atom is 0.273 e. The van der Waals surface area contributed by atoms with Gasteiger partial charge in [0, 0.05) is 31.1 Å². The molecule has 3 aromatic carbocycles. The summed E-state index contributed by atoms with van der Waals surface area (Å²) in [6.45, 7) is 2.79. The lowest BCUT2D eigenvalue weighted by atomic mass is 10.0. The summed E-state index contributed by atoms with van der Waals surface area (Å²) in [6, 6.07) is 24.5. The van der Waals surface area contributed by atoms with E-state index in [9.17, 15) is 19.7 Å². The highest BCUT2D eigenvalue weighted by atomic mass is 16.6. The summed E-state index contributed by atoms with van der Waals surface area (Å²) < 4.78 is 0. The molecular formula is C28H31N3O4. The van der Waals surface area contributed by atoms with Gasteiger partial charge in [-0.15, -0.1) is 0 Å². The SMILES string of the molecule is CCCCNC(=O)[C@H](Cc1ccccc1)N(Cc1ccccc1)C(=O)Cc1ccccc1[N+](=O)[O-]. The Morgan fingerprint density at radius 3 is 2.14 bits per heavy atom. The second-order valence-corrected chi connectivity index (χ2v) is 8.42. The zero-order chi connectivity index (χ0) is 25.0. The van der Waals surface area contributed by atoms with Crippen molar-refractivity contribution >= 4 is 17.5 Å². The molecule has 7 nitrogen and oxygen atoms in total. The van der Waals surface area contributed by atoms with Crippen LogP contribution in [0.2, 0.25) is 0 Å². The third-order valence-corrected chi connectivity index (χ3v) is 5.83. The van der Waals surface area contributed by atoms with Gasteiger partial charge in [0.2, 0.25) is 11.8 Å². The van der Waals surface area contributed by atoms with Crippen LogP contribution >= 0.6 is 0 Å². The Morgan fingerprint density at radius 2 is 1.51 bits per heavy atom. The van der Waals surface area contributed by atoms with Crippen molar-refractivity contribution in [2.45, 2.75) is 45.2 Å². The average Bonchev–Trinajstić information content (AvgIpc) is 2.87. The maximum absolute atomic E-state index is 13.7. The van der Waals surface area contributed by atoms with Crippen LogP contribution in [-0.4, -0.2) is 34.2 Å².